The number of rotatable bonds is 8. The molecule has 0 aliphatic carbocycles. The lowest BCUT2D eigenvalue weighted by Crippen LogP contribution is -2.25. The largest absolute Gasteiger partial charge is 0.252 e. The van der Waals surface area contributed by atoms with Gasteiger partial charge in [-0.05, 0) is 18.2 Å². The molecule has 0 saturated carbocycles. The maximum absolute atomic E-state index is 11.3. The lowest BCUT2D eigenvalue weighted by Gasteiger charge is -2.28. The minimum Gasteiger partial charge on any atom is -0.252 e. The SMILES string of the molecule is N#Cc1c(N=P(c2ccccc2)(c2ccccc2)c2ccccc2)nc2ccc(Cl)cc2c1N=P(c1ccccc1)(c1ccccc1)c1ccccc1. The Morgan fingerprint density at radius 3 is 1.13 bits per heavy atom. The maximum Gasteiger partial charge on any atom is 0.172 e. The monoisotopic (exact) mass is 738 g/mol. The Bertz CT molecular complexity index is 2480. The van der Waals surface area contributed by atoms with Crippen molar-refractivity contribution in [3.8, 4) is 6.07 Å². The van der Waals surface area contributed by atoms with Crippen LogP contribution in [0.25, 0.3) is 10.9 Å². The highest BCUT2D eigenvalue weighted by molar-refractivity contribution is 7.88. The number of hydrogen-bond donors (Lipinski definition) is 0. The van der Waals surface area contributed by atoms with Gasteiger partial charge in [-0.1, -0.05) is 194 Å². The molecule has 0 aliphatic rings. The standard InChI is InChI=1S/C46H33ClN4P2/c47-35-31-32-44-42(33-35)45(50-52(36-19-7-1-8-20-36,37-21-9-2-10-22-37)38-23-11-3-12-24-38)43(34-48)46(49-44)51-53(39-25-13-4-14-26-39,40-27-15-5-16-28-40)41-29-17-6-18-30-41/h1-33H. The normalized spacial score (nSPS) is 11.5. The molecular formula is C46H33ClN4P2. The minimum absolute atomic E-state index is 0.305. The van der Waals surface area contributed by atoms with Crippen LogP contribution in [-0.2, 0) is 0 Å². The highest BCUT2D eigenvalue weighted by Gasteiger charge is 2.32. The molecule has 0 saturated heterocycles. The van der Waals surface area contributed by atoms with E-state index in [1.165, 1.54) is 0 Å². The van der Waals surface area contributed by atoms with Crippen molar-refractivity contribution < 1.29 is 0 Å². The number of pyridine rings is 1. The van der Waals surface area contributed by atoms with Crippen LogP contribution in [0, 0.1) is 11.3 Å². The fourth-order valence-corrected chi connectivity index (χ4v) is 14.1. The van der Waals surface area contributed by atoms with Crippen molar-refractivity contribution in [3.63, 3.8) is 0 Å². The van der Waals surface area contributed by atoms with Gasteiger partial charge in [0.15, 0.2) is 5.82 Å². The topological polar surface area (TPSA) is 61.4 Å². The number of halogens is 1. The fraction of sp³-hybridized carbons (Fsp3) is 0. The van der Waals surface area contributed by atoms with Crippen LogP contribution >= 0.6 is 25.7 Å². The fourth-order valence-electron chi connectivity index (χ4n) is 6.88. The van der Waals surface area contributed by atoms with Crippen molar-refractivity contribution in [2.45, 2.75) is 0 Å². The number of fused-ring (bicyclic) bond motifs is 1. The van der Waals surface area contributed by atoms with Crippen molar-refractivity contribution >= 4 is 79.9 Å². The molecule has 0 aliphatic heterocycles. The summed E-state index contributed by atoms with van der Waals surface area (Å²) in [6.45, 7) is 0. The van der Waals surface area contributed by atoms with E-state index in [2.05, 4.69) is 115 Å². The predicted octanol–water partition coefficient (Wildman–Crippen LogP) is 10.4. The Balaban J connectivity index is 1.59. The van der Waals surface area contributed by atoms with E-state index in [4.69, 9.17) is 26.1 Å². The molecule has 8 aromatic rings. The van der Waals surface area contributed by atoms with Gasteiger partial charge in [-0.3, -0.25) is 4.74 Å². The number of nitrogens with zero attached hydrogens (tertiary/aromatic N) is 4. The van der Waals surface area contributed by atoms with E-state index in [1.54, 1.807) is 0 Å². The van der Waals surface area contributed by atoms with Crippen LogP contribution in [0.3, 0.4) is 0 Å². The Kier molecular flexibility index (Phi) is 9.73. The summed E-state index contributed by atoms with van der Waals surface area (Å²) in [5.74, 6) is 0.346. The van der Waals surface area contributed by atoms with Gasteiger partial charge in [-0.25, -0.2) is 9.73 Å². The number of nitriles is 1. The van der Waals surface area contributed by atoms with E-state index in [0.717, 1.165) is 31.8 Å². The van der Waals surface area contributed by atoms with E-state index in [9.17, 15) is 5.26 Å². The summed E-state index contributed by atoms with van der Waals surface area (Å²) < 4.78 is 11.6. The number of benzene rings is 7. The highest BCUT2D eigenvalue weighted by atomic mass is 35.5. The molecule has 1 aromatic heterocycles. The quantitative estimate of drug-likeness (QED) is 0.146. The van der Waals surface area contributed by atoms with Crippen molar-refractivity contribution in [3.05, 3.63) is 211 Å². The molecule has 1 heterocycles. The second kappa shape index (κ2) is 15.0. The van der Waals surface area contributed by atoms with E-state index in [0.29, 0.717) is 33.0 Å². The van der Waals surface area contributed by atoms with Crippen LogP contribution in [-0.4, -0.2) is 4.98 Å². The Hall–Kier alpha value is -5.81. The summed E-state index contributed by atoms with van der Waals surface area (Å²) in [6, 6.07) is 70.5. The molecule has 8 rings (SSSR count). The van der Waals surface area contributed by atoms with Gasteiger partial charge in [0.25, 0.3) is 0 Å². The van der Waals surface area contributed by atoms with Crippen molar-refractivity contribution in [1.82, 2.24) is 4.98 Å². The molecule has 7 heteroatoms. The summed E-state index contributed by atoms with van der Waals surface area (Å²) in [7, 11) is -5.60. The second-order valence-electron chi connectivity index (χ2n) is 12.4. The van der Waals surface area contributed by atoms with Crippen molar-refractivity contribution in [2.75, 3.05) is 0 Å². The van der Waals surface area contributed by atoms with Gasteiger partial charge in [0.05, 0.1) is 25.3 Å². The summed E-state index contributed by atoms with van der Waals surface area (Å²) in [6.07, 6.45) is 0. The predicted molar refractivity (Wildman–Crippen MR) is 226 cm³/mol. The van der Waals surface area contributed by atoms with E-state index >= 15 is 0 Å². The molecule has 0 bridgehead atoms. The van der Waals surface area contributed by atoms with E-state index in [-0.39, 0.29) is 0 Å². The molecule has 0 N–H and O–H groups in total. The summed E-state index contributed by atoms with van der Waals surface area (Å²) in [4.78, 5) is 5.19. The lowest BCUT2D eigenvalue weighted by molar-refractivity contribution is 1.31. The average Bonchev–Trinajstić information content (AvgIpc) is 3.24. The van der Waals surface area contributed by atoms with Gasteiger partial charge in [-0.15, -0.1) is 0 Å². The van der Waals surface area contributed by atoms with Crippen LogP contribution in [0.1, 0.15) is 5.56 Å². The third-order valence-electron chi connectivity index (χ3n) is 9.29. The van der Waals surface area contributed by atoms with Gasteiger partial charge < -0.3 is 0 Å². The molecule has 254 valence electrons. The number of hydrogen-bond acceptors (Lipinski definition) is 4. The van der Waals surface area contributed by atoms with Crippen LogP contribution in [0.4, 0.5) is 11.5 Å². The maximum atomic E-state index is 11.3. The van der Waals surface area contributed by atoms with Crippen molar-refractivity contribution in [1.29, 1.82) is 5.26 Å². The van der Waals surface area contributed by atoms with Crippen molar-refractivity contribution in [2.24, 2.45) is 9.49 Å². The average molecular weight is 739 g/mol. The summed E-state index contributed by atoms with van der Waals surface area (Å²) in [5.41, 5.74) is 1.49. The molecule has 4 nitrogen and oxygen atoms in total. The summed E-state index contributed by atoms with van der Waals surface area (Å²) >= 11 is 6.73. The van der Waals surface area contributed by atoms with Gasteiger partial charge in [0.2, 0.25) is 0 Å². The zero-order valence-electron chi connectivity index (χ0n) is 28.6. The van der Waals surface area contributed by atoms with Gasteiger partial charge in [0.1, 0.15) is 11.6 Å². The third kappa shape index (κ3) is 6.35. The first-order valence-corrected chi connectivity index (χ1v) is 21.1. The van der Waals surface area contributed by atoms with Crippen LogP contribution in [0.2, 0.25) is 5.02 Å². The smallest absolute Gasteiger partial charge is 0.172 e. The number of aromatic nitrogens is 1. The first-order chi connectivity index (χ1) is 26.1. The molecular weight excluding hydrogens is 706 g/mol. The zero-order chi connectivity index (χ0) is 36.1. The van der Waals surface area contributed by atoms with Gasteiger partial charge in [-0.2, -0.15) is 5.26 Å². The second-order valence-corrected chi connectivity index (χ2v) is 18.9. The van der Waals surface area contributed by atoms with Crippen LogP contribution in [0.15, 0.2) is 210 Å². The Labute approximate surface area is 315 Å². The molecule has 0 unspecified atom stereocenters. The van der Waals surface area contributed by atoms with E-state index < -0.39 is 14.1 Å². The Morgan fingerprint density at radius 2 is 0.792 bits per heavy atom. The first kappa shape index (κ1) is 34.3. The highest BCUT2D eigenvalue weighted by Crippen LogP contribution is 2.54. The molecule has 0 amide bonds. The molecule has 0 fully saturated rings. The molecule has 0 spiro atoms. The Morgan fingerprint density at radius 1 is 0.453 bits per heavy atom. The molecule has 0 radical (unpaired) electrons. The molecule has 53 heavy (non-hydrogen) atoms. The molecule has 7 aromatic carbocycles. The zero-order valence-corrected chi connectivity index (χ0v) is 31.2. The van der Waals surface area contributed by atoms with Crippen LogP contribution in [0.5, 0.6) is 0 Å². The van der Waals surface area contributed by atoms with Gasteiger partial charge >= 0.3 is 0 Å². The lowest BCUT2D eigenvalue weighted by atomic mass is 10.1. The molecule has 0 atom stereocenters. The summed E-state index contributed by atoms with van der Waals surface area (Å²) in [5, 5.41) is 18.9. The van der Waals surface area contributed by atoms with E-state index in [1.807, 2.05) is 91.0 Å². The first-order valence-electron chi connectivity index (χ1n) is 17.3. The van der Waals surface area contributed by atoms with Gasteiger partial charge in [0, 0.05) is 42.2 Å². The third-order valence-corrected chi connectivity index (χ3v) is 16.8. The minimum atomic E-state index is -2.81. The van der Waals surface area contributed by atoms with Crippen LogP contribution < -0.4 is 31.8 Å².